The van der Waals surface area contributed by atoms with Crippen molar-refractivity contribution in [3.05, 3.63) is 71.3 Å². The normalized spacial score (nSPS) is 19.2. The highest BCUT2D eigenvalue weighted by atomic mass is 19.1. The van der Waals surface area contributed by atoms with Gasteiger partial charge in [-0.25, -0.2) is 23.9 Å². The van der Waals surface area contributed by atoms with Crippen LogP contribution in [0, 0.1) is 5.82 Å². The lowest BCUT2D eigenvalue weighted by molar-refractivity contribution is -0.138. The van der Waals surface area contributed by atoms with Gasteiger partial charge in [0.05, 0.1) is 62.3 Å². The fraction of sp³-hybridized carbons (Fsp3) is 0.463. The first-order chi connectivity index (χ1) is 28.4. The van der Waals surface area contributed by atoms with Gasteiger partial charge >= 0.3 is 12.2 Å². The van der Waals surface area contributed by atoms with Gasteiger partial charge < -0.3 is 54.1 Å². The molecule has 0 saturated carbocycles. The molecule has 6 atom stereocenters. The summed E-state index contributed by atoms with van der Waals surface area (Å²) in [7, 11) is 5.40. The number of ether oxygens (including phenoxy) is 5. The van der Waals surface area contributed by atoms with Crippen LogP contribution in [-0.2, 0) is 35.0 Å². The molecule has 0 unspecified atom stereocenters. The van der Waals surface area contributed by atoms with Gasteiger partial charge in [-0.1, -0.05) is 0 Å². The van der Waals surface area contributed by atoms with Crippen LogP contribution < -0.4 is 15.4 Å². The molecule has 0 spiro atoms. The number of carbonyl (C=O) groups excluding carboxylic acids is 4. The van der Waals surface area contributed by atoms with E-state index in [4.69, 9.17) is 23.7 Å². The summed E-state index contributed by atoms with van der Waals surface area (Å²) in [5, 5.41) is 5.18. The summed E-state index contributed by atoms with van der Waals surface area (Å²) < 4.78 is 42.4. The van der Waals surface area contributed by atoms with Crippen LogP contribution in [-0.4, -0.2) is 120 Å². The molecular formula is C41H49FN8O9. The smallest absolute Gasteiger partial charge is 0.407 e. The molecule has 2 saturated heterocycles. The standard InChI is InChI=1S/C41H49FN8O9/c1-21(55-3)34(47-40(53)57-5)38(51)49-13-7-9-30(49)36-43-19-28(45-36)23-11-12-32-24(15-23)16-25-17-27(42)26(18-33(25)59-32)29-20-44-37(46-29)31-10-8-14-50(31)39(52)35(22(2)56-4)48-41(54)58-6/h11-12,15,17-22,30-31,34-35H,7-10,13-14,16H2,1-6H3,(H,43,45)(H,44,46)(H,47,53)(H,48,54)/t21-,22-,30+,31+,34+,35+/m1/s1. The molecule has 0 bridgehead atoms. The largest absolute Gasteiger partial charge is 0.457 e. The molecule has 4 amide bonds. The fourth-order valence-electron chi connectivity index (χ4n) is 8.03. The third kappa shape index (κ3) is 8.32. The maximum atomic E-state index is 15.9. The van der Waals surface area contributed by atoms with E-state index in [9.17, 15) is 19.2 Å². The lowest BCUT2D eigenvalue weighted by Gasteiger charge is -2.30. The SMILES string of the molecule is COC(=O)N[C@H](C(=O)N1CCC[C@H]1c1ncc(-c2ccc3c(c2)Cc2cc(F)c(-c4cnc([C@@H]5CCCN5C(=O)[C@@H](NC(=O)OC)[C@@H](C)OC)[nH]4)cc2O3)[nH]1)[C@@H](C)OC. The molecule has 59 heavy (non-hydrogen) atoms. The number of fused-ring (bicyclic) bond motifs is 2. The van der Waals surface area contributed by atoms with E-state index in [0.717, 1.165) is 29.7 Å². The van der Waals surface area contributed by atoms with Gasteiger partial charge in [-0.2, -0.15) is 0 Å². The Bertz CT molecular complexity index is 2210. The Morgan fingerprint density at radius 3 is 1.83 bits per heavy atom. The van der Waals surface area contributed by atoms with Crippen molar-refractivity contribution in [1.29, 1.82) is 0 Å². The van der Waals surface area contributed by atoms with Gasteiger partial charge in [-0.15, -0.1) is 0 Å². The predicted molar refractivity (Wildman–Crippen MR) is 210 cm³/mol. The summed E-state index contributed by atoms with van der Waals surface area (Å²) in [5.41, 5.74) is 3.81. The van der Waals surface area contributed by atoms with E-state index in [1.54, 1.807) is 42.1 Å². The lowest BCUT2D eigenvalue weighted by atomic mass is 9.96. The summed E-state index contributed by atoms with van der Waals surface area (Å²) in [5.74, 6) is 1.18. The van der Waals surface area contributed by atoms with Crippen molar-refractivity contribution in [2.75, 3.05) is 41.5 Å². The Morgan fingerprint density at radius 1 is 0.763 bits per heavy atom. The van der Waals surface area contributed by atoms with Gasteiger partial charge in [0.1, 0.15) is 41.0 Å². The minimum Gasteiger partial charge on any atom is -0.457 e. The molecular weight excluding hydrogens is 767 g/mol. The molecule has 2 aromatic heterocycles. The topological polar surface area (TPSA) is 202 Å². The van der Waals surface area contributed by atoms with E-state index < -0.39 is 48.3 Å². The zero-order valence-electron chi connectivity index (χ0n) is 33.8. The minimum absolute atomic E-state index is 0.269. The Kier molecular flexibility index (Phi) is 12.2. The molecule has 7 rings (SSSR count). The molecule has 18 heteroatoms. The first kappa shape index (κ1) is 41.2. The fourth-order valence-corrected chi connectivity index (χ4v) is 8.03. The zero-order chi connectivity index (χ0) is 42.0. The van der Waals surface area contributed by atoms with Crippen LogP contribution in [0.3, 0.4) is 0 Å². The Balaban J connectivity index is 1.06. The second-order valence-corrected chi connectivity index (χ2v) is 14.9. The van der Waals surface area contributed by atoms with Crippen LogP contribution in [0.1, 0.15) is 74.4 Å². The van der Waals surface area contributed by atoms with Crippen LogP contribution in [0.2, 0.25) is 0 Å². The lowest BCUT2D eigenvalue weighted by Crippen LogP contribution is -2.54. The van der Waals surface area contributed by atoms with E-state index >= 15 is 4.39 Å². The summed E-state index contributed by atoms with van der Waals surface area (Å²) in [6.07, 6.45) is 3.81. The molecule has 2 fully saturated rings. The zero-order valence-corrected chi connectivity index (χ0v) is 33.8. The minimum atomic E-state index is -0.975. The summed E-state index contributed by atoms with van der Waals surface area (Å²) in [6, 6.07) is 6.21. The second kappa shape index (κ2) is 17.5. The third-order valence-corrected chi connectivity index (χ3v) is 11.4. The van der Waals surface area contributed by atoms with E-state index in [1.165, 1.54) is 34.5 Å². The van der Waals surface area contributed by atoms with Crippen molar-refractivity contribution in [3.63, 3.8) is 0 Å². The van der Waals surface area contributed by atoms with Gasteiger partial charge in [-0.3, -0.25) is 9.59 Å². The molecule has 314 valence electrons. The van der Waals surface area contributed by atoms with Crippen molar-refractivity contribution >= 4 is 24.0 Å². The first-order valence-corrected chi connectivity index (χ1v) is 19.5. The number of methoxy groups -OCH3 is 4. The maximum Gasteiger partial charge on any atom is 0.407 e. The van der Waals surface area contributed by atoms with Crippen LogP contribution in [0.4, 0.5) is 14.0 Å². The number of benzene rings is 2. The van der Waals surface area contributed by atoms with Crippen LogP contribution >= 0.6 is 0 Å². The van der Waals surface area contributed by atoms with E-state index in [-0.39, 0.29) is 23.4 Å². The Hall–Kier alpha value is -6.01. The molecule has 0 aliphatic carbocycles. The molecule has 0 radical (unpaired) electrons. The van der Waals surface area contributed by atoms with Crippen molar-refractivity contribution in [3.8, 4) is 34.0 Å². The number of likely N-dealkylation sites (tertiary alicyclic amines) is 2. The van der Waals surface area contributed by atoms with Crippen molar-refractivity contribution in [2.24, 2.45) is 0 Å². The van der Waals surface area contributed by atoms with E-state index in [1.807, 2.05) is 18.2 Å². The van der Waals surface area contributed by atoms with Crippen LogP contribution in [0.5, 0.6) is 11.5 Å². The highest BCUT2D eigenvalue weighted by Gasteiger charge is 2.40. The summed E-state index contributed by atoms with van der Waals surface area (Å²) in [4.78, 5) is 70.6. The summed E-state index contributed by atoms with van der Waals surface area (Å²) >= 11 is 0. The van der Waals surface area contributed by atoms with E-state index in [2.05, 4.69) is 30.6 Å². The average molecular weight is 817 g/mol. The molecule has 5 heterocycles. The number of alkyl carbamates (subject to hydrolysis) is 2. The van der Waals surface area contributed by atoms with Crippen LogP contribution in [0.25, 0.3) is 22.5 Å². The number of aromatic nitrogens is 4. The van der Waals surface area contributed by atoms with Gasteiger partial charge in [0.2, 0.25) is 11.8 Å². The number of nitrogens with one attached hydrogen (secondary N) is 4. The predicted octanol–water partition coefficient (Wildman–Crippen LogP) is 5.15. The van der Waals surface area contributed by atoms with Gasteiger partial charge in [0.15, 0.2) is 0 Å². The molecule has 4 N–H and O–H groups in total. The number of H-pyrrole nitrogens is 2. The highest BCUT2D eigenvalue weighted by Crippen LogP contribution is 2.42. The van der Waals surface area contributed by atoms with Crippen molar-refractivity contribution < 1.29 is 47.3 Å². The van der Waals surface area contributed by atoms with Gasteiger partial charge in [0, 0.05) is 50.4 Å². The van der Waals surface area contributed by atoms with Crippen molar-refractivity contribution in [2.45, 2.75) is 82.3 Å². The molecule has 2 aromatic carbocycles. The van der Waals surface area contributed by atoms with Crippen molar-refractivity contribution in [1.82, 2.24) is 40.4 Å². The number of carbonyl (C=O) groups is 4. The Labute approximate surface area is 340 Å². The summed E-state index contributed by atoms with van der Waals surface area (Å²) in [6.45, 7) is 4.35. The monoisotopic (exact) mass is 816 g/mol. The van der Waals surface area contributed by atoms with Crippen LogP contribution in [0.15, 0.2) is 42.7 Å². The van der Waals surface area contributed by atoms with Gasteiger partial charge in [-0.05, 0) is 75.4 Å². The number of aromatic amines is 2. The van der Waals surface area contributed by atoms with E-state index in [0.29, 0.717) is 66.8 Å². The average Bonchev–Trinajstić information content (AvgIpc) is 4.09. The number of amides is 4. The number of imidazole rings is 2. The third-order valence-electron chi connectivity index (χ3n) is 11.4. The highest BCUT2D eigenvalue weighted by molar-refractivity contribution is 5.87. The molecule has 17 nitrogen and oxygen atoms in total. The number of nitrogens with zero attached hydrogens (tertiary/aromatic N) is 4. The molecule has 3 aliphatic rings. The maximum absolute atomic E-state index is 15.9. The number of rotatable bonds is 12. The molecule has 4 aromatic rings. The van der Waals surface area contributed by atoms with Gasteiger partial charge in [0.25, 0.3) is 0 Å². The number of hydrogen-bond donors (Lipinski definition) is 4. The Morgan fingerprint density at radius 2 is 1.29 bits per heavy atom. The molecule has 3 aliphatic heterocycles. The number of halogens is 1. The number of hydrogen-bond acceptors (Lipinski definition) is 11. The quantitative estimate of drug-likeness (QED) is 0.130. The first-order valence-electron chi connectivity index (χ1n) is 19.5. The second-order valence-electron chi connectivity index (χ2n) is 14.9.